The molecule has 120 valence electrons. The Hall–Kier alpha value is -1.48. The molecule has 3 aromatic rings. The molecule has 0 saturated heterocycles. The molecule has 1 aromatic heterocycles. The summed E-state index contributed by atoms with van der Waals surface area (Å²) in [7, 11) is 0. The van der Waals surface area contributed by atoms with Crippen molar-refractivity contribution in [1.29, 1.82) is 0 Å². The standard InChI is InChI=1S/C19H20Cl2N2/c1-12-6-4-8-13-14(7-2-3-11-22)19(23-18(12)13)17-15(20)9-5-10-16(17)21/h4-6,8-10,23H,2-3,7,11,22H2,1H3. The molecule has 2 nitrogen and oxygen atoms in total. The van der Waals surface area contributed by atoms with Crippen molar-refractivity contribution in [1.82, 2.24) is 4.98 Å². The molecule has 0 fully saturated rings. The zero-order valence-corrected chi connectivity index (χ0v) is 14.6. The number of benzene rings is 2. The van der Waals surface area contributed by atoms with Crippen LogP contribution in [-0.4, -0.2) is 11.5 Å². The van der Waals surface area contributed by atoms with E-state index >= 15 is 0 Å². The summed E-state index contributed by atoms with van der Waals surface area (Å²) in [5, 5.41) is 2.58. The first-order chi connectivity index (χ1) is 11.1. The van der Waals surface area contributed by atoms with Crippen LogP contribution in [0.5, 0.6) is 0 Å². The van der Waals surface area contributed by atoms with Crippen LogP contribution in [-0.2, 0) is 6.42 Å². The first-order valence-corrected chi connectivity index (χ1v) is 8.63. The van der Waals surface area contributed by atoms with Crippen LogP contribution in [0, 0.1) is 6.92 Å². The van der Waals surface area contributed by atoms with Gasteiger partial charge in [-0.2, -0.15) is 0 Å². The Morgan fingerprint density at radius 3 is 2.39 bits per heavy atom. The van der Waals surface area contributed by atoms with Crippen LogP contribution in [0.1, 0.15) is 24.0 Å². The van der Waals surface area contributed by atoms with Crippen molar-refractivity contribution < 1.29 is 0 Å². The van der Waals surface area contributed by atoms with Gasteiger partial charge < -0.3 is 10.7 Å². The third-order valence-corrected chi connectivity index (χ3v) is 4.87. The number of aromatic nitrogens is 1. The molecule has 0 unspecified atom stereocenters. The van der Waals surface area contributed by atoms with Gasteiger partial charge in [0.05, 0.1) is 15.7 Å². The fourth-order valence-corrected chi connectivity index (χ4v) is 3.66. The predicted molar refractivity (Wildman–Crippen MR) is 100 cm³/mol. The van der Waals surface area contributed by atoms with Crippen LogP contribution in [0.15, 0.2) is 36.4 Å². The quantitative estimate of drug-likeness (QED) is 0.569. The van der Waals surface area contributed by atoms with Gasteiger partial charge in [0.1, 0.15) is 0 Å². The number of unbranched alkanes of at least 4 members (excludes halogenated alkanes) is 1. The largest absolute Gasteiger partial charge is 0.354 e. The van der Waals surface area contributed by atoms with Crippen LogP contribution in [0.3, 0.4) is 0 Å². The van der Waals surface area contributed by atoms with Crippen LogP contribution >= 0.6 is 23.2 Å². The second kappa shape index (κ2) is 6.96. The highest BCUT2D eigenvalue weighted by atomic mass is 35.5. The lowest BCUT2D eigenvalue weighted by Gasteiger charge is -2.09. The Labute approximate surface area is 146 Å². The second-order valence-corrected chi connectivity index (χ2v) is 6.63. The van der Waals surface area contributed by atoms with Crippen molar-refractivity contribution in [3.63, 3.8) is 0 Å². The molecule has 0 spiro atoms. The van der Waals surface area contributed by atoms with Crippen molar-refractivity contribution in [2.24, 2.45) is 5.73 Å². The number of aromatic amines is 1. The number of halogens is 2. The average Bonchev–Trinajstić information content (AvgIpc) is 2.88. The highest BCUT2D eigenvalue weighted by Gasteiger charge is 2.18. The van der Waals surface area contributed by atoms with E-state index < -0.39 is 0 Å². The first kappa shape index (κ1) is 16.4. The summed E-state index contributed by atoms with van der Waals surface area (Å²) in [5.74, 6) is 0. The van der Waals surface area contributed by atoms with Crippen LogP contribution in [0.2, 0.25) is 10.0 Å². The molecular weight excluding hydrogens is 327 g/mol. The number of nitrogens with two attached hydrogens (primary N) is 1. The van der Waals surface area contributed by atoms with Gasteiger partial charge in [-0.3, -0.25) is 0 Å². The van der Waals surface area contributed by atoms with E-state index in [1.165, 1.54) is 16.5 Å². The molecule has 2 aromatic carbocycles. The zero-order valence-electron chi connectivity index (χ0n) is 13.1. The van der Waals surface area contributed by atoms with Gasteiger partial charge in [0.25, 0.3) is 0 Å². The topological polar surface area (TPSA) is 41.8 Å². The molecule has 0 aliphatic rings. The molecule has 1 heterocycles. The van der Waals surface area contributed by atoms with Gasteiger partial charge in [-0.25, -0.2) is 0 Å². The van der Waals surface area contributed by atoms with E-state index in [-0.39, 0.29) is 0 Å². The van der Waals surface area contributed by atoms with Crippen molar-refractivity contribution in [2.75, 3.05) is 6.54 Å². The Kier molecular flexibility index (Phi) is 4.96. The van der Waals surface area contributed by atoms with Crippen molar-refractivity contribution in [2.45, 2.75) is 26.2 Å². The van der Waals surface area contributed by atoms with Crippen LogP contribution < -0.4 is 5.73 Å². The van der Waals surface area contributed by atoms with E-state index in [9.17, 15) is 0 Å². The Morgan fingerprint density at radius 2 is 1.70 bits per heavy atom. The molecule has 23 heavy (non-hydrogen) atoms. The maximum absolute atomic E-state index is 6.44. The Bertz CT molecular complexity index is 816. The highest BCUT2D eigenvalue weighted by Crippen LogP contribution is 2.39. The summed E-state index contributed by atoms with van der Waals surface area (Å²) in [4.78, 5) is 3.56. The normalized spacial score (nSPS) is 11.3. The molecule has 0 bridgehead atoms. The van der Waals surface area contributed by atoms with Gasteiger partial charge in [-0.1, -0.05) is 47.5 Å². The van der Waals surface area contributed by atoms with Gasteiger partial charge in [-0.15, -0.1) is 0 Å². The molecular formula is C19H20Cl2N2. The van der Waals surface area contributed by atoms with Crippen molar-refractivity contribution >= 4 is 34.1 Å². The maximum atomic E-state index is 6.44. The Morgan fingerprint density at radius 1 is 1.00 bits per heavy atom. The monoisotopic (exact) mass is 346 g/mol. The first-order valence-electron chi connectivity index (χ1n) is 7.88. The molecule has 0 saturated carbocycles. The number of hydrogen-bond donors (Lipinski definition) is 2. The van der Waals surface area contributed by atoms with E-state index in [1.807, 2.05) is 18.2 Å². The van der Waals surface area contributed by atoms with E-state index in [2.05, 4.69) is 30.1 Å². The smallest absolute Gasteiger partial charge is 0.0527 e. The van der Waals surface area contributed by atoms with Gasteiger partial charge in [0.2, 0.25) is 0 Å². The molecule has 4 heteroatoms. The summed E-state index contributed by atoms with van der Waals surface area (Å²) in [5.41, 5.74) is 11.2. The number of H-pyrrole nitrogens is 1. The fourth-order valence-electron chi connectivity index (χ4n) is 3.08. The third-order valence-electron chi connectivity index (χ3n) is 4.24. The molecule has 0 amide bonds. The minimum Gasteiger partial charge on any atom is -0.354 e. The van der Waals surface area contributed by atoms with E-state index in [1.54, 1.807) is 0 Å². The zero-order chi connectivity index (χ0) is 16.4. The summed E-state index contributed by atoms with van der Waals surface area (Å²) in [6, 6.07) is 12.0. The lowest BCUT2D eigenvalue weighted by molar-refractivity contribution is 0.748. The van der Waals surface area contributed by atoms with Gasteiger partial charge in [0.15, 0.2) is 0 Å². The highest BCUT2D eigenvalue weighted by molar-refractivity contribution is 6.39. The number of nitrogens with one attached hydrogen (secondary N) is 1. The molecule has 0 radical (unpaired) electrons. The SMILES string of the molecule is Cc1cccc2c(CCCCN)c(-c3c(Cl)cccc3Cl)[nH]c12. The maximum Gasteiger partial charge on any atom is 0.0527 e. The van der Waals surface area contributed by atoms with Gasteiger partial charge in [0, 0.05) is 16.5 Å². The summed E-state index contributed by atoms with van der Waals surface area (Å²) < 4.78 is 0. The van der Waals surface area contributed by atoms with E-state index in [0.717, 1.165) is 36.0 Å². The van der Waals surface area contributed by atoms with Gasteiger partial charge in [-0.05, 0) is 56.0 Å². The summed E-state index contributed by atoms with van der Waals surface area (Å²) >= 11 is 12.9. The number of rotatable bonds is 5. The number of fused-ring (bicyclic) bond motifs is 1. The van der Waals surface area contributed by atoms with Gasteiger partial charge >= 0.3 is 0 Å². The molecule has 0 aliphatic carbocycles. The average molecular weight is 347 g/mol. The van der Waals surface area contributed by atoms with E-state index in [0.29, 0.717) is 16.6 Å². The lowest BCUT2D eigenvalue weighted by Crippen LogP contribution is -1.99. The minimum absolute atomic E-state index is 0.668. The number of hydrogen-bond acceptors (Lipinski definition) is 1. The lowest BCUT2D eigenvalue weighted by atomic mass is 9.99. The van der Waals surface area contributed by atoms with Crippen molar-refractivity contribution in [3.05, 3.63) is 57.6 Å². The third kappa shape index (κ3) is 3.12. The predicted octanol–water partition coefficient (Wildman–Crippen LogP) is 5.73. The Balaban J connectivity index is 2.22. The fraction of sp³-hybridized carbons (Fsp3) is 0.263. The van der Waals surface area contributed by atoms with Crippen molar-refractivity contribution in [3.8, 4) is 11.3 Å². The molecule has 3 N–H and O–H groups in total. The molecule has 0 atom stereocenters. The van der Waals surface area contributed by atoms with Crippen LogP contribution in [0.4, 0.5) is 0 Å². The number of aryl methyl sites for hydroxylation is 2. The minimum atomic E-state index is 0.668. The summed E-state index contributed by atoms with van der Waals surface area (Å²) in [6.45, 7) is 2.82. The summed E-state index contributed by atoms with van der Waals surface area (Å²) in [6.07, 6.45) is 3.01. The molecule has 3 rings (SSSR count). The second-order valence-electron chi connectivity index (χ2n) is 5.82. The number of para-hydroxylation sites is 1. The molecule has 0 aliphatic heterocycles. The van der Waals surface area contributed by atoms with E-state index in [4.69, 9.17) is 28.9 Å². The van der Waals surface area contributed by atoms with Crippen LogP contribution in [0.25, 0.3) is 22.2 Å².